The van der Waals surface area contributed by atoms with Crippen LogP contribution in [0.3, 0.4) is 0 Å². The Morgan fingerprint density at radius 1 is 1.17 bits per heavy atom. The van der Waals surface area contributed by atoms with Gasteiger partial charge in [0.2, 0.25) is 0 Å². The molecule has 0 saturated carbocycles. The molecule has 0 heterocycles. The molecule has 1 aromatic rings. The molecule has 0 aliphatic heterocycles. The van der Waals surface area contributed by atoms with Crippen molar-refractivity contribution in [2.45, 2.75) is 32.8 Å². The Morgan fingerprint density at radius 3 is 2.33 bits per heavy atom. The summed E-state index contributed by atoms with van der Waals surface area (Å²) >= 11 is 3.63. The number of benzene rings is 1. The van der Waals surface area contributed by atoms with Gasteiger partial charge in [-0.05, 0) is 42.5 Å². The molecule has 1 atom stereocenters. The van der Waals surface area contributed by atoms with Gasteiger partial charge in [-0.15, -0.1) is 0 Å². The van der Waals surface area contributed by atoms with Crippen molar-refractivity contribution in [2.75, 3.05) is 7.11 Å². The van der Waals surface area contributed by atoms with Crippen LogP contribution >= 0.6 is 15.9 Å². The summed E-state index contributed by atoms with van der Waals surface area (Å²) in [7, 11) is 1.67. The van der Waals surface area contributed by atoms with Crippen LogP contribution in [-0.4, -0.2) is 13.2 Å². The van der Waals surface area contributed by atoms with E-state index in [1.54, 1.807) is 7.11 Å². The highest BCUT2D eigenvalue weighted by Gasteiger charge is 2.27. The molecule has 18 heavy (non-hydrogen) atoms. The first kappa shape index (κ1) is 13.5. The fraction of sp³-hybridized carbons (Fsp3) is 0.467. The number of halogens is 1. The van der Waals surface area contributed by atoms with Crippen LogP contribution in [0.15, 0.2) is 34.8 Å². The smallest absolute Gasteiger partial charge is 0.130 e. The Morgan fingerprint density at radius 2 is 1.78 bits per heavy atom. The Bertz CT molecular complexity index is 434. The van der Waals surface area contributed by atoms with E-state index in [2.05, 4.69) is 35.9 Å². The maximum atomic E-state index is 5.99. The van der Waals surface area contributed by atoms with Gasteiger partial charge in [-0.2, -0.15) is 0 Å². The average molecular weight is 311 g/mol. The van der Waals surface area contributed by atoms with Gasteiger partial charge >= 0.3 is 0 Å². The zero-order valence-corrected chi connectivity index (χ0v) is 12.7. The van der Waals surface area contributed by atoms with E-state index in [1.807, 2.05) is 24.3 Å². The second kappa shape index (κ2) is 5.35. The molecule has 3 heteroatoms. The van der Waals surface area contributed by atoms with Crippen molar-refractivity contribution >= 4 is 15.9 Å². The van der Waals surface area contributed by atoms with E-state index in [4.69, 9.17) is 9.47 Å². The van der Waals surface area contributed by atoms with Crippen molar-refractivity contribution in [1.82, 2.24) is 0 Å². The molecule has 1 aliphatic carbocycles. The maximum absolute atomic E-state index is 5.99. The number of rotatable bonds is 3. The summed E-state index contributed by atoms with van der Waals surface area (Å²) in [6, 6.07) is 7.72. The van der Waals surface area contributed by atoms with Gasteiger partial charge in [0.15, 0.2) is 0 Å². The summed E-state index contributed by atoms with van der Waals surface area (Å²) in [6.07, 6.45) is 4.57. The monoisotopic (exact) mass is 310 g/mol. The molecule has 1 unspecified atom stereocenters. The quantitative estimate of drug-likeness (QED) is 0.816. The molecule has 0 radical (unpaired) electrons. The lowest BCUT2D eigenvalue weighted by molar-refractivity contribution is 0.200. The molecule has 98 valence electrons. The molecule has 0 N–H and O–H groups in total. The van der Waals surface area contributed by atoms with E-state index >= 15 is 0 Å². The second-order valence-electron chi connectivity index (χ2n) is 5.34. The summed E-state index contributed by atoms with van der Waals surface area (Å²) in [5, 5.41) is 0. The van der Waals surface area contributed by atoms with Gasteiger partial charge in [-0.1, -0.05) is 35.9 Å². The van der Waals surface area contributed by atoms with E-state index < -0.39 is 0 Å². The number of hydrogen-bond acceptors (Lipinski definition) is 2. The van der Waals surface area contributed by atoms with Crippen molar-refractivity contribution < 1.29 is 9.47 Å². The summed E-state index contributed by atoms with van der Waals surface area (Å²) in [6.45, 7) is 4.50. The van der Waals surface area contributed by atoms with Crippen molar-refractivity contribution in [3.63, 3.8) is 0 Å². The molecular formula is C15H19BrO2. The normalized spacial score (nSPS) is 22.2. The van der Waals surface area contributed by atoms with Gasteiger partial charge in [0, 0.05) is 4.48 Å². The fourth-order valence-corrected chi connectivity index (χ4v) is 3.06. The number of allylic oxidation sites excluding steroid dienone is 1. The molecule has 1 aromatic carbocycles. The van der Waals surface area contributed by atoms with Crippen LogP contribution in [0.2, 0.25) is 0 Å². The van der Waals surface area contributed by atoms with Crippen molar-refractivity contribution in [3.8, 4) is 11.5 Å². The van der Waals surface area contributed by atoms with Gasteiger partial charge in [-0.3, -0.25) is 0 Å². The van der Waals surface area contributed by atoms with Crippen molar-refractivity contribution in [1.29, 1.82) is 0 Å². The van der Waals surface area contributed by atoms with Crippen LogP contribution < -0.4 is 9.47 Å². The van der Waals surface area contributed by atoms with Crippen molar-refractivity contribution in [3.05, 3.63) is 34.8 Å². The minimum absolute atomic E-state index is 0.131. The van der Waals surface area contributed by atoms with Crippen LogP contribution in [0.1, 0.15) is 26.7 Å². The Balaban J connectivity index is 2.05. The molecule has 0 fully saturated rings. The first-order valence-corrected chi connectivity index (χ1v) is 6.98. The summed E-state index contributed by atoms with van der Waals surface area (Å²) in [5.74, 6) is 1.73. The third-order valence-electron chi connectivity index (χ3n) is 3.22. The van der Waals surface area contributed by atoms with Crippen LogP contribution in [-0.2, 0) is 0 Å². The van der Waals surface area contributed by atoms with E-state index in [9.17, 15) is 0 Å². The predicted octanol–water partition coefficient (Wildman–Crippen LogP) is 4.54. The van der Waals surface area contributed by atoms with E-state index in [-0.39, 0.29) is 11.5 Å². The molecule has 1 aliphatic rings. The standard InChI is InChI=1S/C15H19BrO2/c1-15(2)9-8-14(13(16)10-15)18-12-6-4-11(17-3)5-7-12/h4-7,10,14H,8-9H2,1-3H3. The molecule has 0 aromatic heterocycles. The first-order chi connectivity index (χ1) is 8.50. The number of hydrogen-bond donors (Lipinski definition) is 0. The summed E-state index contributed by atoms with van der Waals surface area (Å²) in [5.41, 5.74) is 0.263. The van der Waals surface area contributed by atoms with Crippen LogP contribution in [0.4, 0.5) is 0 Å². The van der Waals surface area contributed by atoms with Gasteiger partial charge in [-0.25, -0.2) is 0 Å². The molecule has 2 rings (SSSR count). The Kier molecular flexibility index (Phi) is 4.00. The molecule has 0 saturated heterocycles. The van der Waals surface area contributed by atoms with Gasteiger partial charge in [0.25, 0.3) is 0 Å². The van der Waals surface area contributed by atoms with Crippen LogP contribution in [0, 0.1) is 5.41 Å². The van der Waals surface area contributed by atoms with E-state index in [0.717, 1.165) is 28.8 Å². The first-order valence-electron chi connectivity index (χ1n) is 6.19. The maximum Gasteiger partial charge on any atom is 0.130 e. The molecule has 0 spiro atoms. The molecule has 2 nitrogen and oxygen atoms in total. The molecule has 0 amide bonds. The summed E-state index contributed by atoms with van der Waals surface area (Å²) in [4.78, 5) is 0. The van der Waals surface area contributed by atoms with Crippen LogP contribution in [0.5, 0.6) is 11.5 Å². The second-order valence-corrected chi connectivity index (χ2v) is 6.25. The highest BCUT2D eigenvalue weighted by atomic mass is 79.9. The third-order valence-corrected chi connectivity index (χ3v) is 3.96. The lowest BCUT2D eigenvalue weighted by Gasteiger charge is -2.31. The number of methoxy groups -OCH3 is 1. The average Bonchev–Trinajstić information content (AvgIpc) is 2.33. The zero-order chi connectivity index (χ0) is 13.2. The molecular weight excluding hydrogens is 292 g/mol. The number of ether oxygens (including phenoxy) is 2. The summed E-state index contributed by atoms with van der Waals surface area (Å²) < 4.78 is 12.3. The SMILES string of the molecule is COc1ccc(OC2CCC(C)(C)C=C2Br)cc1. The minimum Gasteiger partial charge on any atom is -0.497 e. The molecule has 0 bridgehead atoms. The Labute approximate surface area is 117 Å². The lowest BCUT2D eigenvalue weighted by atomic mass is 9.82. The van der Waals surface area contributed by atoms with Gasteiger partial charge in [0.05, 0.1) is 7.11 Å². The lowest BCUT2D eigenvalue weighted by Crippen LogP contribution is -2.26. The topological polar surface area (TPSA) is 18.5 Å². The highest BCUT2D eigenvalue weighted by molar-refractivity contribution is 9.11. The van der Waals surface area contributed by atoms with Gasteiger partial charge < -0.3 is 9.47 Å². The van der Waals surface area contributed by atoms with Gasteiger partial charge in [0.1, 0.15) is 17.6 Å². The minimum atomic E-state index is 0.131. The predicted molar refractivity (Wildman–Crippen MR) is 77.4 cm³/mol. The largest absolute Gasteiger partial charge is 0.497 e. The van der Waals surface area contributed by atoms with E-state index in [0.29, 0.717) is 0 Å². The zero-order valence-electron chi connectivity index (χ0n) is 11.1. The van der Waals surface area contributed by atoms with Crippen molar-refractivity contribution in [2.24, 2.45) is 5.41 Å². The highest BCUT2D eigenvalue weighted by Crippen LogP contribution is 2.37. The van der Waals surface area contributed by atoms with Crippen LogP contribution in [0.25, 0.3) is 0 Å². The van der Waals surface area contributed by atoms with E-state index in [1.165, 1.54) is 0 Å². The fourth-order valence-electron chi connectivity index (χ4n) is 2.11. The third kappa shape index (κ3) is 3.29. The Hall–Kier alpha value is -0.960.